The molecule has 3 N–H and O–H groups in total. The summed E-state index contributed by atoms with van der Waals surface area (Å²) in [6, 6.07) is 17.9. The average Bonchev–Trinajstić information content (AvgIpc) is 3.25. The van der Waals surface area contributed by atoms with E-state index < -0.39 is 10.0 Å². The third kappa shape index (κ3) is 4.02. The average molecular weight is 473 g/mol. The molecule has 1 aliphatic rings. The fourth-order valence-corrected chi connectivity index (χ4v) is 5.91. The molecule has 9 heteroatoms. The van der Waals surface area contributed by atoms with Crippen LogP contribution in [0.4, 0.5) is 5.95 Å². The zero-order valence-corrected chi connectivity index (χ0v) is 19.2. The van der Waals surface area contributed by atoms with E-state index in [-0.39, 0.29) is 22.5 Å². The van der Waals surface area contributed by atoms with E-state index in [1.165, 1.54) is 16.4 Å². The Morgan fingerprint density at radius 3 is 2.62 bits per heavy atom. The minimum Gasteiger partial charge on any atom is -0.351 e. The number of rotatable bonds is 5. The van der Waals surface area contributed by atoms with Crippen molar-refractivity contribution in [3.63, 3.8) is 0 Å². The lowest BCUT2D eigenvalue weighted by atomic mass is 9.92. The van der Waals surface area contributed by atoms with Crippen LogP contribution in [-0.4, -0.2) is 34.4 Å². The number of hydrogen-bond donors (Lipinski definition) is 2. The number of anilines is 1. The number of nitrogens with zero attached hydrogens (tertiary/aromatic N) is 4. The first-order chi connectivity index (χ1) is 16.5. The first-order valence-corrected chi connectivity index (χ1v) is 12.6. The number of aromatic nitrogens is 3. The van der Waals surface area contributed by atoms with Crippen molar-refractivity contribution in [2.45, 2.75) is 42.7 Å². The van der Waals surface area contributed by atoms with Gasteiger partial charge in [0.15, 0.2) is 0 Å². The number of benzene rings is 2. The Kier molecular flexibility index (Phi) is 5.77. The van der Waals surface area contributed by atoms with Gasteiger partial charge in [-0.05, 0) is 43.9 Å². The molecule has 0 amide bonds. The molecule has 4 aromatic rings. The minimum atomic E-state index is -3.85. The monoisotopic (exact) mass is 472 g/mol. The van der Waals surface area contributed by atoms with Crippen molar-refractivity contribution in [2.75, 3.05) is 5.32 Å². The Morgan fingerprint density at radius 1 is 1.09 bits per heavy atom. The summed E-state index contributed by atoms with van der Waals surface area (Å²) in [6.45, 7) is 0. The maximum atomic E-state index is 13.4. The van der Waals surface area contributed by atoms with Gasteiger partial charge in [0.05, 0.1) is 27.9 Å². The molecular weight excluding hydrogens is 448 g/mol. The van der Waals surface area contributed by atoms with Gasteiger partial charge in [-0.15, -0.1) is 0 Å². The van der Waals surface area contributed by atoms with E-state index in [9.17, 15) is 13.7 Å². The number of para-hydroxylation sites is 1. The molecule has 2 aromatic carbocycles. The van der Waals surface area contributed by atoms with Crippen molar-refractivity contribution in [2.24, 2.45) is 5.73 Å². The third-order valence-electron chi connectivity index (χ3n) is 6.19. The fourth-order valence-electron chi connectivity index (χ4n) is 4.52. The Hall–Kier alpha value is -3.74. The molecule has 0 unspecified atom stereocenters. The van der Waals surface area contributed by atoms with Crippen molar-refractivity contribution in [1.82, 2.24) is 13.9 Å². The molecular formula is C25H24N6O2S. The van der Waals surface area contributed by atoms with Gasteiger partial charge in [0.1, 0.15) is 6.07 Å². The van der Waals surface area contributed by atoms with Crippen molar-refractivity contribution in [1.29, 1.82) is 5.26 Å². The standard InChI is InChI=1S/C25H24N6O2S/c26-14-17-15-28-25(29-19-8-6-7-18(27)13-19)30-24(17)22-16-31(23-12-5-4-11-21(22)23)34(32,33)20-9-2-1-3-10-20/h1-5,9-12,15-16,18-19H,6-8,13,27H2,(H,28,29,30)/t18-,19+/m0/s1. The summed E-state index contributed by atoms with van der Waals surface area (Å²) in [4.78, 5) is 9.17. The maximum Gasteiger partial charge on any atom is 0.268 e. The van der Waals surface area contributed by atoms with Crippen LogP contribution in [0.15, 0.2) is 71.9 Å². The Morgan fingerprint density at radius 2 is 1.85 bits per heavy atom. The molecule has 34 heavy (non-hydrogen) atoms. The predicted molar refractivity (Wildman–Crippen MR) is 131 cm³/mol. The van der Waals surface area contributed by atoms with E-state index in [4.69, 9.17) is 5.73 Å². The van der Waals surface area contributed by atoms with E-state index >= 15 is 0 Å². The molecule has 0 saturated heterocycles. The summed E-state index contributed by atoms with van der Waals surface area (Å²) in [5, 5.41) is 13.8. The molecule has 2 heterocycles. The van der Waals surface area contributed by atoms with Gasteiger partial charge >= 0.3 is 0 Å². The van der Waals surface area contributed by atoms with E-state index in [0.29, 0.717) is 28.1 Å². The molecule has 0 bridgehead atoms. The van der Waals surface area contributed by atoms with E-state index in [2.05, 4.69) is 21.4 Å². The Bertz CT molecular complexity index is 1490. The first kappa shape index (κ1) is 22.1. The van der Waals surface area contributed by atoms with Crippen LogP contribution in [0.5, 0.6) is 0 Å². The highest BCUT2D eigenvalue weighted by atomic mass is 32.2. The molecule has 0 spiro atoms. The molecule has 2 atom stereocenters. The lowest BCUT2D eigenvalue weighted by Crippen LogP contribution is -2.35. The quantitative estimate of drug-likeness (QED) is 0.451. The second-order valence-electron chi connectivity index (χ2n) is 8.51. The number of nitrogens with two attached hydrogens (primary N) is 1. The van der Waals surface area contributed by atoms with Crippen molar-refractivity contribution >= 4 is 26.9 Å². The predicted octanol–water partition coefficient (Wildman–Crippen LogP) is 3.89. The highest BCUT2D eigenvalue weighted by Crippen LogP contribution is 2.34. The molecule has 8 nitrogen and oxygen atoms in total. The summed E-state index contributed by atoms with van der Waals surface area (Å²) < 4.78 is 28.2. The summed E-state index contributed by atoms with van der Waals surface area (Å²) >= 11 is 0. The zero-order chi connectivity index (χ0) is 23.7. The van der Waals surface area contributed by atoms with Gasteiger partial charge in [-0.25, -0.2) is 22.4 Å². The van der Waals surface area contributed by atoms with Crippen LogP contribution < -0.4 is 11.1 Å². The van der Waals surface area contributed by atoms with Crippen molar-refractivity contribution in [3.05, 3.63) is 72.6 Å². The van der Waals surface area contributed by atoms with E-state index in [1.807, 2.05) is 12.1 Å². The number of nitriles is 1. The highest BCUT2D eigenvalue weighted by Gasteiger charge is 2.24. The molecule has 1 fully saturated rings. The van der Waals surface area contributed by atoms with Crippen LogP contribution in [0, 0.1) is 11.3 Å². The van der Waals surface area contributed by atoms with E-state index in [0.717, 1.165) is 25.7 Å². The maximum absolute atomic E-state index is 13.4. The lowest BCUT2D eigenvalue weighted by Gasteiger charge is -2.27. The van der Waals surface area contributed by atoms with Crippen LogP contribution in [0.1, 0.15) is 31.2 Å². The minimum absolute atomic E-state index is 0.144. The van der Waals surface area contributed by atoms with Crippen LogP contribution in [0.25, 0.3) is 22.2 Å². The van der Waals surface area contributed by atoms with Crippen molar-refractivity contribution in [3.8, 4) is 17.3 Å². The summed E-state index contributed by atoms with van der Waals surface area (Å²) in [5.74, 6) is 0.399. The van der Waals surface area contributed by atoms with Gasteiger partial charge in [-0.2, -0.15) is 5.26 Å². The lowest BCUT2D eigenvalue weighted by molar-refractivity contribution is 0.408. The second kappa shape index (κ2) is 8.89. The van der Waals surface area contributed by atoms with Crippen LogP contribution in [0.3, 0.4) is 0 Å². The smallest absolute Gasteiger partial charge is 0.268 e. The summed E-state index contributed by atoms with van der Waals surface area (Å²) in [5.41, 5.74) is 7.84. The van der Waals surface area contributed by atoms with E-state index in [1.54, 1.807) is 42.5 Å². The Labute approximate surface area is 198 Å². The zero-order valence-electron chi connectivity index (χ0n) is 18.4. The SMILES string of the molecule is N#Cc1cnc(N[C@@H]2CCC[C@H](N)C2)nc1-c1cn(S(=O)(=O)c2ccccc2)c2ccccc12. The number of nitrogens with one attached hydrogen (secondary N) is 1. The molecule has 5 rings (SSSR count). The highest BCUT2D eigenvalue weighted by molar-refractivity contribution is 7.90. The second-order valence-corrected chi connectivity index (χ2v) is 10.3. The first-order valence-electron chi connectivity index (χ1n) is 11.2. The van der Waals surface area contributed by atoms with Gasteiger partial charge in [-0.3, -0.25) is 0 Å². The largest absolute Gasteiger partial charge is 0.351 e. The molecule has 1 saturated carbocycles. The van der Waals surface area contributed by atoms with Gasteiger partial charge in [0.25, 0.3) is 10.0 Å². The normalized spacial score (nSPS) is 18.5. The molecule has 0 aliphatic heterocycles. The molecule has 2 aromatic heterocycles. The molecule has 172 valence electrons. The number of fused-ring (bicyclic) bond motifs is 1. The third-order valence-corrected chi connectivity index (χ3v) is 7.88. The van der Waals surface area contributed by atoms with Gasteiger partial charge in [0, 0.05) is 29.2 Å². The van der Waals surface area contributed by atoms with Gasteiger partial charge in [-0.1, -0.05) is 36.4 Å². The molecule has 0 radical (unpaired) electrons. The fraction of sp³-hybridized carbons (Fsp3) is 0.240. The topological polar surface area (TPSA) is 127 Å². The van der Waals surface area contributed by atoms with Crippen LogP contribution >= 0.6 is 0 Å². The summed E-state index contributed by atoms with van der Waals surface area (Å²) in [7, 11) is -3.85. The van der Waals surface area contributed by atoms with Gasteiger partial charge in [0.2, 0.25) is 5.95 Å². The summed E-state index contributed by atoms with van der Waals surface area (Å²) in [6.07, 6.45) is 6.86. The molecule has 1 aliphatic carbocycles. The van der Waals surface area contributed by atoms with Crippen LogP contribution in [0.2, 0.25) is 0 Å². The Balaban J connectivity index is 1.63. The van der Waals surface area contributed by atoms with Crippen LogP contribution in [-0.2, 0) is 10.0 Å². The number of hydrogen-bond acceptors (Lipinski definition) is 7. The van der Waals surface area contributed by atoms with Gasteiger partial charge < -0.3 is 11.1 Å². The van der Waals surface area contributed by atoms with Crippen molar-refractivity contribution < 1.29 is 8.42 Å².